The monoisotopic (exact) mass is 346 g/mol. The highest BCUT2D eigenvalue weighted by Gasteiger charge is 2.13. The van der Waals surface area contributed by atoms with E-state index in [1.54, 1.807) is 32.4 Å². The van der Waals surface area contributed by atoms with E-state index in [9.17, 15) is 9.59 Å². The molecule has 0 fully saturated rings. The van der Waals surface area contributed by atoms with E-state index in [-0.39, 0.29) is 36.6 Å². The van der Waals surface area contributed by atoms with Gasteiger partial charge in [-0.1, -0.05) is 6.07 Å². The Morgan fingerprint density at radius 2 is 1.92 bits per heavy atom. The second-order valence-electron chi connectivity index (χ2n) is 5.39. The average Bonchev–Trinajstić information content (AvgIpc) is 3.15. The largest absolute Gasteiger partial charge is 0.493 e. The summed E-state index contributed by atoms with van der Waals surface area (Å²) >= 11 is 0. The fraction of sp³-hybridized carbons (Fsp3) is 0.333. The van der Waals surface area contributed by atoms with Gasteiger partial charge in [0.15, 0.2) is 17.3 Å². The number of furan rings is 1. The van der Waals surface area contributed by atoms with Crippen LogP contribution in [0, 0.1) is 0 Å². The van der Waals surface area contributed by atoms with E-state index in [0.717, 1.165) is 5.56 Å². The molecular weight excluding hydrogens is 324 g/mol. The molecule has 0 saturated carbocycles. The van der Waals surface area contributed by atoms with Crippen LogP contribution in [0.3, 0.4) is 0 Å². The van der Waals surface area contributed by atoms with Gasteiger partial charge in [0.2, 0.25) is 5.91 Å². The van der Waals surface area contributed by atoms with Crippen LogP contribution in [0.1, 0.15) is 35.5 Å². The predicted octanol–water partition coefficient (Wildman–Crippen LogP) is 2.29. The molecule has 0 bridgehead atoms. The molecule has 0 saturated heterocycles. The van der Waals surface area contributed by atoms with Gasteiger partial charge >= 0.3 is 0 Å². The molecule has 1 unspecified atom stereocenters. The van der Waals surface area contributed by atoms with Gasteiger partial charge in [0.25, 0.3) is 5.91 Å². The van der Waals surface area contributed by atoms with E-state index in [1.807, 2.05) is 19.1 Å². The molecule has 1 aromatic heterocycles. The van der Waals surface area contributed by atoms with Crippen molar-refractivity contribution in [1.29, 1.82) is 0 Å². The number of hydrogen-bond acceptors (Lipinski definition) is 5. The third kappa shape index (κ3) is 5.00. The van der Waals surface area contributed by atoms with Crippen LogP contribution >= 0.6 is 0 Å². The Kier molecular flexibility index (Phi) is 6.45. The number of carbonyl (C=O) groups excluding carboxylic acids is 2. The molecule has 2 amide bonds. The van der Waals surface area contributed by atoms with E-state index in [1.165, 1.54) is 6.26 Å². The first-order valence-corrected chi connectivity index (χ1v) is 7.88. The lowest BCUT2D eigenvalue weighted by Crippen LogP contribution is -2.32. The minimum absolute atomic E-state index is 0.165. The number of nitrogens with one attached hydrogen (secondary N) is 2. The van der Waals surface area contributed by atoms with Crippen molar-refractivity contribution in [2.75, 3.05) is 20.8 Å². The standard InChI is InChI=1S/C18H22N2O5/c1-12(13-6-7-14(23-2)16(11-13)24-3)20-17(21)8-9-19-18(22)15-5-4-10-25-15/h4-7,10-12H,8-9H2,1-3H3,(H,19,22)(H,20,21). The molecule has 0 aliphatic heterocycles. The number of carbonyl (C=O) groups is 2. The molecule has 1 atom stereocenters. The molecule has 1 heterocycles. The van der Waals surface area contributed by atoms with Gasteiger partial charge in [0.1, 0.15) is 0 Å². The zero-order chi connectivity index (χ0) is 18.2. The van der Waals surface area contributed by atoms with Crippen molar-refractivity contribution in [2.24, 2.45) is 0 Å². The molecule has 0 spiro atoms. The van der Waals surface area contributed by atoms with Crippen molar-refractivity contribution in [3.05, 3.63) is 47.9 Å². The zero-order valence-electron chi connectivity index (χ0n) is 14.5. The SMILES string of the molecule is COc1ccc(C(C)NC(=O)CCNC(=O)c2ccco2)cc1OC. The third-order valence-corrected chi connectivity index (χ3v) is 3.67. The van der Waals surface area contributed by atoms with Gasteiger partial charge in [-0.05, 0) is 36.8 Å². The third-order valence-electron chi connectivity index (χ3n) is 3.67. The van der Waals surface area contributed by atoms with Crippen molar-refractivity contribution in [3.8, 4) is 11.5 Å². The average molecular weight is 346 g/mol. The highest BCUT2D eigenvalue weighted by molar-refractivity contribution is 5.91. The Bertz CT molecular complexity index is 712. The van der Waals surface area contributed by atoms with Crippen molar-refractivity contribution in [3.63, 3.8) is 0 Å². The summed E-state index contributed by atoms with van der Waals surface area (Å²) in [6.07, 6.45) is 1.59. The molecule has 7 heteroatoms. The molecule has 2 rings (SSSR count). The van der Waals surface area contributed by atoms with E-state index < -0.39 is 0 Å². The molecule has 0 aliphatic carbocycles. The van der Waals surface area contributed by atoms with E-state index in [4.69, 9.17) is 13.9 Å². The molecule has 1 aromatic carbocycles. The maximum atomic E-state index is 12.0. The van der Waals surface area contributed by atoms with Crippen LogP contribution in [0.4, 0.5) is 0 Å². The fourth-order valence-electron chi connectivity index (χ4n) is 2.30. The van der Waals surface area contributed by atoms with Crippen molar-refractivity contribution < 1.29 is 23.5 Å². The van der Waals surface area contributed by atoms with Crippen LogP contribution in [0.15, 0.2) is 41.0 Å². The molecular formula is C18H22N2O5. The zero-order valence-corrected chi connectivity index (χ0v) is 14.5. The van der Waals surface area contributed by atoms with Gasteiger partial charge in [-0.2, -0.15) is 0 Å². The number of ether oxygens (including phenoxy) is 2. The van der Waals surface area contributed by atoms with Gasteiger partial charge in [0.05, 0.1) is 26.5 Å². The van der Waals surface area contributed by atoms with Crippen LogP contribution in [-0.4, -0.2) is 32.6 Å². The van der Waals surface area contributed by atoms with Crippen molar-refractivity contribution in [2.45, 2.75) is 19.4 Å². The van der Waals surface area contributed by atoms with Gasteiger partial charge in [-0.15, -0.1) is 0 Å². The number of benzene rings is 1. The molecule has 2 aromatic rings. The Morgan fingerprint density at radius 3 is 2.56 bits per heavy atom. The number of hydrogen-bond donors (Lipinski definition) is 2. The summed E-state index contributed by atoms with van der Waals surface area (Å²) in [6, 6.07) is 8.47. The maximum Gasteiger partial charge on any atom is 0.286 e. The minimum Gasteiger partial charge on any atom is -0.493 e. The predicted molar refractivity (Wildman–Crippen MR) is 91.8 cm³/mol. The van der Waals surface area contributed by atoms with Gasteiger partial charge in [-0.25, -0.2) is 0 Å². The second kappa shape index (κ2) is 8.77. The Morgan fingerprint density at radius 1 is 1.16 bits per heavy atom. The molecule has 0 aliphatic rings. The summed E-state index contributed by atoms with van der Waals surface area (Å²) in [5.74, 6) is 0.948. The lowest BCUT2D eigenvalue weighted by atomic mass is 10.1. The van der Waals surface area contributed by atoms with E-state index >= 15 is 0 Å². The van der Waals surface area contributed by atoms with Gasteiger partial charge in [-0.3, -0.25) is 9.59 Å². The summed E-state index contributed by atoms with van der Waals surface area (Å²) in [7, 11) is 3.13. The summed E-state index contributed by atoms with van der Waals surface area (Å²) in [5, 5.41) is 5.52. The lowest BCUT2D eigenvalue weighted by molar-refractivity contribution is -0.121. The summed E-state index contributed by atoms with van der Waals surface area (Å²) < 4.78 is 15.4. The Hall–Kier alpha value is -2.96. The van der Waals surface area contributed by atoms with Crippen LogP contribution < -0.4 is 20.1 Å². The number of rotatable bonds is 8. The fourth-order valence-corrected chi connectivity index (χ4v) is 2.30. The summed E-state index contributed by atoms with van der Waals surface area (Å²) in [5.41, 5.74) is 0.894. The number of amides is 2. The smallest absolute Gasteiger partial charge is 0.286 e. The first kappa shape index (κ1) is 18.4. The van der Waals surface area contributed by atoms with Crippen molar-refractivity contribution >= 4 is 11.8 Å². The normalized spacial score (nSPS) is 11.5. The van der Waals surface area contributed by atoms with Gasteiger partial charge < -0.3 is 24.5 Å². The quantitative estimate of drug-likeness (QED) is 0.765. The van der Waals surface area contributed by atoms with Crippen LogP contribution in [0.25, 0.3) is 0 Å². The molecule has 25 heavy (non-hydrogen) atoms. The van der Waals surface area contributed by atoms with E-state index in [0.29, 0.717) is 11.5 Å². The minimum atomic E-state index is -0.342. The first-order valence-electron chi connectivity index (χ1n) is 7.88. The topological polar surface area (TPSA) is 89.8 Å². The summed E-state index contributed by atoms with van der Waals surface area (Å²) in [4.78, 5) is 23.7. The first-order chi connectivity index (χ1) is 12.0. The second-order valence-corrected chi connectivity index (χ2v) is 5.39. The van der Waals surface area contributed by atoms with Crippen LogP contribution in [0.2, 0.25) is 0 Å². The highest BCUT2D eigenvalue weighted by Crippen LogP contribution is 2.29. The van der Waals surface area contributed by atoms with E-state index in [2.05, 4.69) is 10.6 Å². The number of methoxy groups -OCH3 is 2. The molecule has 134 valence electrons. The highest BCUT2D eigenvalue weighted by atomic mass is 16.5. The molecule has 7 nitrogen and oxygen atoms in total. The Balaban J connectivity index is 1.82. The molecule has 0 radical (unpaired) electrons. The van der Waals surface area contributed by atoms with Crippen molar-refractivity contribution in [1.82, 2.24) is 10.6 Å². The van der Waals surface area contributed by atoms with Crippen LogP contribution in [-0.2, 0) is 4.79 Å². The van der Waals surface area contributed by atoms with Gasteiger partial charge in [0, 0.05) is 13.0 Å². The summed E-state index contributed by atoms with van der Waals surface area (Å²) in [6.45, 7) is 2.10. The lowest BCUT2D eigenvalue weighted by Gasteiger charge is -2.16. The molecule has 2 N–H and O–H groups in total. The Labute approximate surface area is 146 Å². The maximum absolute atomic E-state index is 12.0. The van der Waals surface area contributed by atoms with Crippen LogP contribution in [0.5, 0.6) is 11.5 Å².